The number of carbonyl (C=O) groups is 2. The van der Waals surface area contributed by atoms with E-state index >= 15 is 0 Å². The molecule has 0 heterocycles. The van der Waals surface area contributed by atoms with Crippen LogP contribution in [0.2, 0.25) is 0 Å². The smallest absolute Gasteiger partial charge is 0.279 e. The number of carbonyl (C=O) groups excluding carboxylic acids is 2. The minimum atomic E-state index is -0.986. The first-order chi connectivity index (χ1) is 13.0. The Morgan fingerprint density at radius 1 is 1.11 bits per heavy atom. The third-order valence-corrected chi connectivity index (χ3v) is 4.27. The number of hydrazine groups is 1. The van der Waals surface area contributed by atoms with Crippen molar-refractivity contribution in [3.8, 4) is 11.5 Å². The zero-order valence-corrected chi connectivity index (χ0v) is 15.0. The predicted molar refractivity (Wildman–Crippen MR) is 96.7 cm³/mol. The van der Waals surface area contributed by atoms with E-state index in [1.165, 1.54) is 36.2 Å². The number of nitrogens with one attached hydrogen (secondary N) is 2. The van der Waals surface area contributed by atoms with Gasteiger partial charge in [0.1, 0.15) is 5.75 Å². The number of rotatable bonds is 6. The van der Waals surface area contributed by atoms with Crippen LogP contribution in [0.15, 0.2) is 42.5 Å². The van der Waals surface area contributed by atoms with E-state index in [4.69, 9.17) is 9.47 Å². The monoisotopic (exact) mass is 372 g/mol. The summed E-state index contributed by atoms with van der Waals surface area (Å²) in [5.74, 6) is -1.10. The van der Waals surface area contributed by atoms with Gasteiger partial charge >= 0.3 is 0 Å². The molecule has 0 spiro atoms. The van der Waals surface area contributed by atoms with Crippen molar-refractivity contribution in [3.63, 3.8) is 0 Å². The molecule has 142 valence electrons. The second kappa shape index (κ2) is 8.53. The quantitative estimate of drug-likeness (QED) is 0.763. The number of hydrogen-bond donors (Lipinski definition) is 2. The highest BCUT2D eigenvalue weighted by Crippen LogP contribution is 2.25. The van der Waals surface area contributed by atoms with E-state index in [1.807, 2.05) is 18.2 Å². The summed E-state index contributed by atoms with van der Waals surface area (Å²) >= 11 is 0. The van der Waals surface area contributed by atoms with Gasteiger partial charge in [-0.1, -0.05) is 18.2 Å². The van der Waals surface area contributed by atoms with Gasteiger partial charge in [0.15, 0.2) is 24.3 Å². The van der Waals surface area contributed by atoms with Crippen molar-refractivity contribution >= 4 is 11.8 Å². The van der Waals surface area contributed by atoms with Crippen LogP contribution < -0.4 is 20.3 Å². The standard InChI is InChI=1S/C20H21FN2O4/c1-13(27-18-8-3-2-7-17(18)21)20(25)23-22-19(24)12-26-16-10-9-14-5-4-6-15(14)11-16/h2-3,7-11,13H,4-6,12H2,1H3,(H,22,24)(H,23,25)/t13-/m0/s1. The molecule has 0 radical (unpaired) electrons. The summed E-state index contributed by atoms with van der Waals surface area (Å²) in [5.41, 5.74) is 7.06. The summed E-state index contributed by atoms with van der Waals surface area (Å²) in [6.45, 7) is 1.22. The second-order valence-electron chi connectivity index (χ2n) is 6.30. The fraction of sp³-hybridized carbons (Fsp3) is 0.300. The van der Waals surface area contributed by atoms with Gasteiger partial charge in [0, 0.05) is 0 Å². The minimum Gasteiger partial charge on any atom is -0.484 e. The molecule has 2 aromatic carbocycles. The number of benzene rings is 2. The van der Waals surface area contributed by atoms with E-state index in [2.05, 4.69) is 10.9 Å². The van der Waals surface area contributed by atoms with E-state index < -0.39 is 23.7 Å². The average Bonchev–Trinajstić information content (AvgIpc) is 3.14. The summed E-state index contributed by atoms with van der Waals surface area (Å²) in [6.07, 6.45) is 2.25. The second-order valence-corrected chi connectivity index (χ2v) is 6.30. The molecule has 1 atom stereocenters. The van der Waals surface area contributed by atoms with Crippen molar-refractivity contribution in [1.82, 2.24) is 10.9 Å². The van der Waals surface area contributed by atoms with Crippen molar-refractivity contribution < 1.29 is 23.5 Å². The van der Waals surface area contributed by atoms with Crippen LogP contribution in [0.3, 0.4) is 0 Å². The van der Waals surface area contributed by atoms with Crippen LogP contribution in [0.5, 0.6) is 11.5 Å². The Labute approximate surface area is 156 Å². The molecule has 1 aliphatic rings. The summed E-state index contributed by atoms with van der Waals surface area (Å²) in [4.78, 5) is 23.8. The fourth-order valence-corrected chi connectivity index (χ4v) is 2.84. The maximum Gasteiger partial charge on any atom is 0.279 e. The van der Waals surface area contributed by atoms with E-state index in [9.17, 15) is 14.0 Å². The molecule has 27 heavy (non-hydrogen) atoms. The van der Waals surface area contributed by atoms with Gasteiger partial charge in [-0.15, -0.1) is 0 Å². The molecule has 7 heteroatoms. The van der Waals surface area contributed by atoms with Gasteiger partial charge in [-0.2, -0.15) is 0 Å². The Bertz CT molecular complexity index is 840. The number of aryl methyl sites for hydroxylation is 2. The molecular formula is C20H21FN2O4. The van der Waals surface area contributed by atoms with Crippen LogP contribution in [-0.2, 0) is 22.4 Å². The lowest BCUT2D eigenvalue weighted by Gasteiger charge is -2.15. The van der Waals surface area contributed by atoms with Gasteiger partial charge in [0.2, 0.25) is 0 Å². The van der Waals surface area contributed by atoms with Gasteiger partial charge in [0.05, 0.1) is 0 Å². The Morgan fingerprint density at radius 3 is 2.70 bits per heavy atom. The van der Waals surface area contributed by atoms with Crippen LogP contribution in [0.4, 0.5) is 4.39 Å². The molecule has 0 saturated heterocycles. The number of hydrogen-bond acceptors (Lipinski definition) is 4. The zero-order chi connectivity index (χ0) is 19.2. The normalized spacial score (nSPS) is 13.4. The maximum absolute atomic E-state index is 13.5. The number of fused-ring (bicyclic) bond motifs is 1. The first kappa shape index (κ1) is 18.7. The van der Waals surface area contributed by atoms with E-state index in [1.54, 1.807) is 6.07 Å². The van der Waals surface area contributed by atoms with Crippen molar-refractivity contribution in [1.29, 1.82) is 0 Å². The lowest BCUT2D eigenvalue weighted by Crippen LogP contribution is -2.48. The molecule has 0 saturated carbocycles. The molecule has 0 bridgehead atoms. The molecule has 0 aromatic heterocycles. The maximum atomic E-state index is 13.5. The Kier molecular flexibility index (Phi) is 5.90. The molecule has 0 unspecified atom stereocenters. The third kappa shape index (κ3) is 4.97. The number of ether oxygens (including phenoxy) is 2. The molecular weight excluding hydrogens is 351 g/mol. The van der Waals surface area contributed by atoms with Crippen LogP contribution in [0, 0.1) is 5.82 Å². The van der Waals surface area contributed by atoms with Crippen LogP contribution >= 0.6 is 0 Å². The number of amides is 2. The van der Waals surface area contributed by atoms with Crippen LogP contribution in [0.25, 0.3) is 0 Å². The third-order valence-electron chi connectivity index (χ3n) is 4.27. The van der Waals surface area contributed by atoms with Crippen molar-refractivity contribution in [2.24, 2.45) is 0 Å². The van der Waals surface area contributed by atoms with E-state index in [0.29, 0.717) is 5.75 Å². The molecule has 0 fully saturated rings. The van der Waals surface area contributed by atoms with E-state index in [-0.39, 0.29) is 12.4 Å². The first-order valence-corrected chi connectivity index (χ1v) is 8.77. The largest absolute Gasteiger partial charge is 0.484 e. The highest BCUT2D eigenvalue weighted by atomic mass is 19.1. The Hall–Kier alpha value is -3.09. The summed E-state index contributed by atoms with van der Waals surface area (Å²) in [6, 6.07) is 11.6. The number of para-hydroxylation sites is 1. The molecule has 2 N–H and O–H groups in total. The molecule has 2 amide bonds. The average molecular weight is 372 g/mol. The Balaban J connectivity index is 1.42. The molecule has 6 nitrogen and oxygen atoms in total. The topological polar surface area (TPSA) is 76.7 Å². The van der Waals surface area contributed by atoms with Crippen LogP contribution in [0.1, 0.15) is 24.5 Å². The van der Waals surface area contributed by atoms with E-state index in [0.717, 1.165) is 19.3 Å². The summed E-state index contributed by atoms with van der Waals surface area (Å²) in [5, 5.41) is 0. The van der Waals surface area contributed by atoms with Crippen molar-refractivity contribution in [2.45, 2.75) is 32.3 Å². The molecule has 3 rings (SSSR count). The highest BCUT2D eigenvalue weighted by Gasteiger charge is 2.17. The van der Waals surface area contributed by atoms with Gasteiger partial charge < -0.3 is 9.47 Å². The molecule has 2 aromatic rings. The fourth-order valence-electron chi connectivity index (χ4n) is 2.84. The van der Waals surface area contributed by atoms with Crippen molar-refractivity contribution in [3.05, 3.63) is 59.4 Å². The predicted octanol–water partition coefficient (Wildman–Crippen LogP) is 2.31. The molecule has 1 aliphatic carbocycles. The minimum absolute atomic E-state index is 0.0357. The van der Waals surface area contributed by atoms with Gasteiger partial charge in [0.25, 0.3) is 11.8 Å². The first-order valence-electron chi connectivity index (χ1n) is 8.77. The summed E-state index contributed by atoms with van der Waals surface area (Å²) in [7, 11) is 0. The van der Waals surface area contributed by atoms with Gasteiger partial charge in [-0.05, 0) is 61.6 Å². The van der Waals surface area contributed by atoms with Crippen molar-refractivity contribution in [2.75, 3.05) is 6.61 Å². The molecule has 0 aliphatic heterocycles. The van der Waals surface area contributed by atoms with Crippen LogP contribution in [-0.4, -0.2) is 24.5 Å². The zero-order valence-electron chi connectivity index (χ0n) is 15.0. The Morgan fingerprint density at radius 2 is 1.89 bits per heavy atom. The lowest BCUT2D eigenvalue weighted by molar-refractivity contribution is -0.133. The lowest BCUT2D eigenvalue weighted by atomic mass is 10.1. The van der Waals surface area contributed by atoms with Gasteiger partial charge in [-0.3, -0.25) is 20.4 Å². The van der Waals surface area contributed by atoms with Gasteiger partial charge in [-0.25, -0.2) is 4.39 Å². The number of halogens is 1. The SMILES string of the molecule is C[C@H](Oc1ccccc1F)C(=O)NNC(=O)COc1ccc2c(c1)CCC2. The summed E-state index contributed by atoms with van der Waals surface area (Å²) < 4.78 is 24.2. The highest BCUT2D eigenvalue weighted by molar-refractivity contribution is 5.85.